The second-order valence-electron chi connectivity index (χ2n) is 4.45. The number of rotatable bonds is 7. The minimum atomic E-state index is -3.41. The van der Waals surface area contributed by atoms with Crippen LogP contribution < -0.4 is 5.73 Å². The number of nitrogens with zero attached hydrogens (tertiary/aromatic N) is 1. The number of sulfonamides is 1. The number of nitrogen functional groups attached to an aromatic ring is 1. The van der Waals surface area contributed by atoms with Crippen LogP contribution in [0.3, 0.4) is 0 Å². The number of ether oxygens (including phenoxy) is 1. The molecule has 2 N–H and O–H groups in total. The van der Waals surface area contributed by atoms with Crippen LogP contribution in [0.25, 0.3) is 0 Å². The van der Waals surface area contributed by atoms with Crippen LogP contribution in [0.15, 0.2) is 24.3 Å². The van der Waals surface area contributed by atoms with Crippen LogP contribution in [0.4, 0.5) is 5.69 Å². The summed E-state index contributed by atoms with van der Waals surface area (Å²) in [6, 6.07) is 7.12. The Labute approximate surface area is 119 Å². The smallest absolute Gasteiger partial charge is 0.305 e. The standard InChI is InChI=1S/C13H20N2O4S/c1-15(10-11-6-3-4-7-12(11)14)20(17,18)9-5-8-13(16)19-2/h3-4,6-7H,5,8-10,14H2,1-2H3. The molecule has 0 bridgehead atoms. The molecule has 1 rings (SSSR count). The van der Waals surface area contributed by atoms with E-state index in [0.717, 1.165) is 5.56 Å². The van der Waals surface area contributed by atoms with E-state index in [9.17, 15) is 13.2 Å². The van der Waals surface area contributed by atoms with Gasteiger partial charge in [-0.25, -0.2) is 12.7 Å². The lowest BCUT2D eigenvalue weighted by molar-refractivity contribution is -0.140. The van der Waals surface area contributed by atoms with Crippen molar-refractivity contribution < 1.29 is 17.9 Å². The SMILES string of the molecule is COC(=O)CCCS(=O)(=O)N(C)Cc1ccccc1N. The highest BCUT2D eigenvalue weighted by atomic mass is 32.2. The van der Waals surface area contributed by atoms with Crippen LogP contribution >= 0.6 is 0 Å². The van der Waals surface area contributed by atoms with Gasteiger partial charge in [-0.3, -0.25) is 4.79 Å². The van der Waals surface area contributed by atoms with Gasteiger partial charge in [0.2, 0.25) is 10.0 Å². The number of benzene rings is 1. The Morgan fingerprint density at radius 3 is 2.60 bits per heavy atom. The predicted molar refractivity (Wildman–Crippen MR) is 77.4 cm³/mol. The van der Waals surface area contributed by atoms with Crippen molar-refractivity contribution in [3.8, 4) is 0 Å². The Hall–Kier alpha value is -1.60. The van der Waals surface area contributed by atoms with Gasteiger partial charge in [0.25, 0.3) is 0 Å². The Balaban J connectivity index is 2.59. The van der Waals surface area contributed by atoms with E-state index in [0.29, 0.717) is 5.69 Å². The Morgan fingerprint density at radius 2 is 2.00 bits per heavy atom. The average molecular weight is 300 g/mol. The fraction of sp³-hybridized carbons (Fsp3) is 0.462. The maximum absolute atomic E-state index is 12.0. The van der Waals surface area contributed by atoms with Gasteiger partial charge in [0, 0.05) is 25.7 Å². The first kappa shape index (κ1) is 16.5. The quantitative estimate of drug-likeness (QED) is 0.599. The van der Waals surface area contributed by atoms with E-state index in [2.05, 4.69) is 4.74 Å². The van der Waals surface area contributed by atoms with Gasteiger partial charge >= 0.3 is 5.97 Å². The van der Waals surface area contributed by atoms with Gasteiger partial charge in [-0.15, -0.1) is 0 Å². The number of methoxy groups -OCH3 is 1. The molecule has 0 amide bonds. The molecule has 20 heavy (non-hydrogen) atoms. The largest absolute Gasteiger partial charge is 0.469 e. The molecule has 6 nitrogen and oxygen atoms in total. The summed E-state index contributed by atoms with van der Waals surface area (Å²) in [7, 11) is -0.630. The van der Waals surface area contributed by atoms with Crippen LogP contribution in [0, 0.1) is 0 Å². The molecule has 0 aliphatic carbocycles. The number of carbonyl (C=O) groups is 1. The van der Waals surface area contributed by atoms with Crippen LogP contribution in [0.2, 0.25) is 0 Å². The third-order valence-electron chi connectivity index (χ3n) is 2.93. The molecule has 0 atom stereocenters. The van der Waals surface area contributed by atoms with Crippen molar-refractivity contribution in [2.45, 2.75) is 19.4 Å². The molecule has 7 heteroatoms. The molecule has 1 aromatic carbocycles. The number of hydrogen-bond donors (Lipinski definition) is 1. The molecule has 0 spiro atoms. The summed E-state index contributed by atoms with van der Waals surface area (Å²) < 4.78 is 29.8. The van der Waals surface area contributed by atoms with Gasteiger partial charge in [0.05, 0.1) is 12.9 Å². The summed E-state index contributed by atoms with van der Waals surface area (Å²) >= 11 is 0. The molecule has 0 aliphatic rings. The number of esters is 1. The van der Waals surface area contributed by atoms with Crippen molar-refractivity contribution in [3.05, 3.63) is 29.8 Å². The first-order valence-corrected chi connectivity index (χ1v) is 7.82. The highest BCUT2D eigenvalue weighted by molar-refractivity contribution is 7.89. The molecule has 112 valence electrons. The van der Waals surface area contributed by atoms with E-state index in [1.54, 1.807) is 18.2 Å². The molecular weight excluding hydrogens is 280 g/mol. The van der Waals surface area contributed by atoms with Crippen LogP contribution in [0.1, 0.15) is 18.4 Å². The van der Waals surface area contributed by atoms with Crippen molar-refractivity contribution in [3.63, 3.8) is 0 Å². The minimum absolute atomic E-state index is 0.0919. The van der Waals surface area contributed by atoms with Crippen molar-refractivity contribution in [1.82, 2.24) is 4.31 Å². The summed E-state index contributed by atoms with van der Waals surface area (Å²) in [5, 5.41) is 0. The Kier molecular flexibility index (Phi) is 5.97. The lowest BCUT2D eigenvalue weighted by Crippen LogP contribution is -2.29. The van der Waals surface area contributed by atoms with Gasteiger partial charge in [-0.2, -0.15) is 0 Å². The van der Waals surface area contributed by atoms with Crippen LogP contribution in [0.5, 0.6) is 0 Å². The molecule has 0 radical (unpaired) electrons. The van der Waals surface area contributed by atoms with Gasteiger partial charge in [-0.1, -0.05) is 18.2 Å². The summed E-state index contributed by atoms with van der Waals surface area (Å²) in [5.74, 6) is -0.499. The normalized spacial score (nSPS) is 11.6. The second kappa shape index (κ2) is 7.25. The van der Waals surface area contributed by atoms with E-state index >= 15 is 0 Å². The lowest BCUT2D eigenvalue weighted by Gasteiger charge is -2.18. The zero-order valence-corrected chi connectivity index (χ0v) is 12.5. The Bertz CT molecular complexity index is 557. The first-order chi connectivity index (χ1) is 9.36. The van der Waals surface area contributed by atoms with Crippen molar-refractivity contribution in [2.75, 3.05) is 25.6 Å². The van der Waals surface area contributed by atoms with Crippen LogP contribution in [-0.4, -0.2) is 38.6 Å². The summed E-state index contributed by atoms with van der Waals surface area (Å²) in [6.07, 6.45) is 0.334. The molecule has 0 saturated heterocycles. The monoisotopic (exact) mass is 300 g/mol. The van der Waals surface area contributed by atoms with Crippen molar-refractivity contribution >= 4 is 21.7 Å². The molecule has 0 aromatic heterocycles. The first-order valence-electron chi connectivity index (χ1n) is 6.21. The topological polar surface area (TPSA) is 89.7 Å². The maximum Gasteiger partial charge on any atom is 0.305 e. The lowest BCUT2D eigenvalue weighted by atomic mass is 10.2. The van der Waals surface area contributed by atoms with Crippen molar-refractivity contribution in [1.29, 1.82) is 0 Å². The van der Waals surface area contributed by atoms with Gasteiger partial charge in [0.15, 0.2) is 0 Å². The predicted octanol–water partition coefficient (Wildman–Crippen LogP) is 0.984. The summed E-state index contributed by atoms with van der Waals surface area (Å²) in [5.41, 5.74) is 7.10. The zero-order valence-electron chi connectivity index (χ0n) is 11.7. The van der Waals surface area contributed by atoms with Gasteiger partial charge in [0.1, 0.15) is 0 Å². The van der Waals surface area contributed by atoms with Gasteiger partial charge < -0.3 is 10.5 Å². The average Bonchev–Trinajstić information content (AvgIpc) is 2.40. The van der Waals surface area contributed by atoms with Crippen molar-refractivity contribution in [2.24, 2.45) is 0 Å². The highest BCUT2D eigenvalue weighted by Gasteiger charge is 2.19. The Morgan fingerprint density at radius 1 is 1.35 bits per heavy atom. The number of hydrogen-bond acceptors (Lipinski definition) is 5. The number of carbonyl (C=O) groups excluding carboxylic acids is 1. The molecule has 0 heterocycles. The molecule has 0 saturated carbocycles. The second-order valence-corrected chi connectivity index (χ2v) is 6.65. The highest BCUT2D eigenvalue weighted by Crippen LogP contribution is 2.15. The summed E-state index contributed by atoms with van der Waals surface area (Å²) in [6.45, 7) is 0.216. The zero-order chi connectivity index (χ0) is 15.2. The van der Waals surface area contributed by atoms with E-state index in [1.165, 1.54) is 18.5 Å². The van der Waals surface area contributed by atoms with E-state index in [1.807, 2.05) is 6.07 Å². The number of nitrogens with two attached hydrogens (primary N) is 1. The van der Waals surface area contributed by atoms with E-state index in [-0.39, 0.29) is 25.1 Å². The molecule has 0 aliphatic heterocycles. The fourth-order valence-electron chi connectivity index (χ4n) is 1.67. The summed E-state index contributed by atoms with van der Waals surface area (Å²) in [4.78, 5) is 11.0. The van der Waals surface area contributed by atoms with E-state index in [4.69, 9.17) is 5.73 Å². The molecule has 0 unspecified atom stereocenters. The molecular formula is C13H20N2O4S. The third kappa shape index (κ3) is 4.82. The van der Waals surface area contributed by atoms with E-state index < -0.39 is 16.0 Å². The maximum atomic E-state index is 12.0. The molecule has 1 aromatic rings. The third-order valence-corrected chi connectivity index (χ3v) is 4.82. The van der Waals surface area contributed by atoms with Gasteiger partial charge in [-0.05, 0) is 18.1 Å². The fourth-order valence-corrected chi connectivity index (χ4v) is 2.83. The number of para-hydroxylation sites is 1. The van der Waals surface area contributed by atoms with Crippen LogP contribution in [-0.2, 0) is 26.1 Å². The minimum Gasteiger partial charge on any atom is -0.469 e. The number of anilines is 1. The molecule has 0 fully saturated rings.